The highest BCUT2D eigenvalue weighted by molar-refractivity contribution is 5.85. The van der Waals surface area contributed by atoms with E-state index in [1.165, 1.54) is 6.07 Å². The van der Waals surface area contributed by atoms with E-state index in [4.69, 9.17) is 10.2 Å². The Morgan fingerprint density at radius 3 is 2.40 bits per heavy atom. The Kier molecular flexibility index (Phi) is 5.17. The molecule has 0 saturated heterocycles. The van der Waals surface area contributed by atoms with Gasteiger partial charge >= 0.3 is 6.18 Å². The smallest absolute Gasteiger partial charge is 0.391 e. The summed E-state index contributed by atoms with van der Waals surface area (Å²) in [6.45, 7) is 1.86. The molecule has 0 aliphatic rings. The van der Waals surface area contributed by atoms with Crippen LogP contribution in [0.5, 0.6) is 0 Å². The molecule has 0 bridgehead atoms. The van der Waals surface area contributed by atoms with E-state index in [2.05, 4.69) is 0 Å². The summed E-state index contributed by atoms with van der Waals surface area (Å²) in [6, 6.07) is 2.04. The van der Waals surface area contributed by atoms with E-state index < -0.39 is 18.6 Å². The van der Waals surface area contributed by atoms with Crippen LogP contribution in [0.4, 0.5) is 13.2 Å². The number of halogens is 4. The number of aryl methyl sites for hydroxylation is 1. The second-order valence-corrected chi connectivity index (χ2v) is 3.08. The van der Waals surface area contributed by atoms with Gasteiger partial charge in [0.25, 0.3) is 0 Å². The number of nitrogens with two attached hydrogens (primary N) is 1. The fourth-order valence-corrected chi connectivity index (χ4v) is 1.13. The zero-order valence-electron chi connectivity index (χ0n) is 8.17. The van der Waals surface area contributed by atoms with Crippen LogP contribution in [0.2, 0.25) is 0 Å². The monoisotopic (exact) mass is 243 g/mol. The van der Waals surface area contributed by atoms with Crippen LogP contribution in [0.3, 0.4) is 0 Å². The maximum Gasteiger partial charge on any atom is 0.391 e. The first-order chi connectivity index (χ1) is 6.42. The third kappa shape index (κ3) is 4.57. The van der Waals surface area contributed by atoms with Gasteiger partial charge in [0.2, 0.25) is 0 Å². The number of alkyl halides is 3. The average molecular weight is 244 g/mol. The van der Waals surface area contributed by atoms with Crippen molar-refractivity contribution in [3.8, 4) is 0 Å². The third-order valence-corrected chi connectivity index (χ3v) is 1.85. The van der Waals surface area contributed by atoms with Crippen LogP contribution in [0, 0.1) is 0 Å². The Morgan fingerprint density at radius 2 is 2.00 bits per heavy atom. The first kappa shape index (κ1) is 14.3. The summed E-state index contributed by atoms with van der Waals surface area (Å²) in [6.07, 6.45) is -4.65. The fraction of sp³-hybridized carbons (Fsp3) is 0.556. The topological polar surface area (TPSA) is 39.2 Å². The standard InChI is InChI=1S/C9H12F3NO.ClH/c1-2-6-3-4-8(14-6)7(13)5-9(10,11)12;/h3-4,7H,2,5,13H2,1H3;1H/t7-;/m0./s1. The van der Waals surface area contributed by atoms with E-state index in [-0.39, 0.29) is 18.2 Å². The molecule has 88 valence electrons. The molecule has 2 nitrogen and oxygen atoms in total. The molecule has 1 aromatic rings. The average Bonchev–Trinajstić information content (AvgIpc) is 2.48. The van der Waals surface area contributed by atoms with Gasteiger partial charge in [-0.3, -0.25) is 0 Å². The Morgan fingerprint density at radius 1 is 1.40 bits per heavy atom. The minimum Gasteiger partial charge on any atom is -0.464 e. The van der Waals surface area contributed by atoms with Gasteiger partial charge in [-0.15, -0.1) is 12.4 Å². The lowest BCUT2D eigenvalue weighted by Crippen LogP contribution is -2.19. The second kappa shape index (κ2) is 5.42. The minimum absolute atomic E-state index is 0. The van der Waals surface area contributed by atoms with Crippen molar-refractivity contribution in [2.24, 2.45) is 5.73 Å². The van der Waals surface area contributed by atoms with Crippen molar-refractivity contribution < 1.29 is 17.6 Å². The van der Waals surface area contributed by atoms with Crippen molar-refractivity contribution in [2.75, 3.05) is 0 Å². The van der Waals surface area contributed by atoms with E-state index in [1.807, 2.05) is 6.92 Å². The van der Waals surface area contributed by atoms with Crippen molar-refractivity contribution in [1.29, 1.82) is 0 Å². The molecule has 6 heteroatoms. The van der Waals surface area contributed by atoms with Gasteiger partial charge < -0.3 is 10.2 Å². The maximum atomic E-state index is 12.0. The summed E-state index contributed by atoms with van der Waals surface area (Å²) in [5.41, 5.74) is 5.34. The Bertz CT molecular complexity index is 298. The van der Waals surface area contributed by atoms with Crippen LogP contribution >= 0.6 is 12.4 Å². The van der Waals surface area contributed by atoms with Crippen molar-refractivity contribution >= 4 is 12.4 Å². The summed E-state index contributed by atoms with van der Waals surface area (Å²) in [4.78, 5) is 0. The summed E-state index contributed by atoms with van der Waals surface area (Å²) < 4.78 is 41.0. The molecule has 2 N–H and O–H groups in total. The Hall–Kier alpha value is -0.680. The fourth-order valence-electron chi connectivity index (χ4n) is 1.13. The molecule has 0 fully saturated rings. The van der Waals surface area contributed by atoms with Gasteiger partial charge in [0, 0.05) is 6.42 Å². The van der Waals surface area contributed by atoms with Crippen molar-refractivity contribution in [3.05, 3.63) is 23.7 Å². The van der Waals surface area contributed by atoms with Gasteiger partial charge in [0.15, 0.2) is 0 Å². The third-order valence-electron chi connectivity index (χ3n) is 1.85. The SMILES string of the molecule is CCc1ccc([C@@H](N)CC(F)(F)F)o1.Cl. The van der Waals surface area contributed by atoms with Crippen LogP contribution < -0.4 is 5.73 Å². The Labute approximate surface area is 92.0 Å². The molecule has 15 heavy (non-hydrogen) atoms. The minimum atomic E-state index is -4.25. The number of hydrogen-bond acceptors (Lipinski definition) is 2. The number of furan rings is 1. The van der Waals surface area contributed by atoms with Crippen LogP contribution in [0.25, 0.3) is 0 Å². The van der Waals surface area contributed by atoms with E-state index in [9.17, 15) is 13.2 Å². The molecule has 0 radical (unpaired) electrons. The lowest BCUT2D eigenvalue weighted by Gasteiger charge is -2.11. The van der Waals surface area contributed by atoms with Crippen LogP contribution in [0.1, 0.15) is 30.9 Å². The van der Waals surface area contributed by atoms with Gasteiger partial charge in [-0.1, -0.05) is 6.92 Å². The molecule has 0 saturated carbocycles. The predicted molar refractivity (Wildman–Crippen MR) is 52.9 cm³/mol. The van der Waals surface area contributed by atoms with Crippen molar-refractivity contribution in [1.82, 2.24) is 0 Å². The summed E-state index contributed by atoms with van der Waals surface area (Å²) in [5, 5.41) is 0. The molecule has 1 rings (SSSR count). The molecule has 1 atom stereocenters. The molecule has 1 heterocycles. The van der Waals surface area contributed by atoms with Gasteiger partial charge in [-0.2, -0.15) is 13.2 Å². The van der Waals surface area contributed by atoms with Crippen LogP contribution in [-0.2, 0) is 6.42 Å². The van der Waals surface area contributed by atoms with Gasteiger partial charge in [-0.05, 0) is 12.1 Å². The molecular formula is C9H13ClF3NO. The molecule has 0 aliphatic heterocycles. The lowest BCUT2D eigenvalue weighted by atomic mass is 10.1. The maximum absolute atomic E-state index is 12.0. The molecule has 0 amide bonds. The molecule has 0 aliphatic carbocycles. The first-order valence-corrected chi connectivity index (χ1v) is 4.33. The molecular weight excluding hydrogens is 231 g/mol. The van der Waals surface area contributed by atoms with E-state index in [0.29, 0.717) is 12.2 Å². The molecule has 1 aromatic heterocycles. The highest BCUT2D eigenvalue weighted by atomic mass is 35.5. The highest BCUT2D eigenvalue weighted by Gasteiger charge is 2.32. The zero-order chi connectivity index (χ0) is 10.8. The normalized spacial score (nSPS) is 13.4. The number of hydrogen-bond donors (Lipinski definition) is 1. The van der Waals surface area contributed by atoms with Gasteiger partial charge in [0.1, 0.15) is 11.5 Å². The summed E-state index contributed by atoms with van der Waals surface area (Å²) in [7, 11) is 0. The zero-order valence-corrected chi connectivity index (χ0v) is 8.99. The molecule has 0 spiro atoms. The quantitative estimate of drug-likeness (QED) is 0.885. The highest BCUT2D eigenvalue weighted by Crippen LogP contribution is 2.28. The van der Waals surface area contributed by atoms with E-state index >= 15 is 0 Å². The van der Waals surface area contributed by atoms with Crippen LogP contribution in [0.15, 0.2) is 16.5 Å². The van der Waals surface area contributed by atoms with E-state index in [0.717, 1.165) is 0 Å². The van der Waals surface area contributed by atoms with Crippen LogP contribution in [-0.4, -0.2) is 6.18 Å². The largest absolute Gasteiger partial charge is 0.464 e. The first-order valence-electron chi connectivity index (χ1n) is 4.33. The van der Waals surface area contributed by atoms with Gasteiger partial charge in [-0.25, -0.2) is 0 Å². The predicted octanol–water partition coefficient (Wildman–Crippen LogP) is 3.22. The second-order valence-electron chi connectivity index (χ2n) is 3.08. The number of rotatable bonds is 3. The van der Waals surface area contributed by atoms with E-state index in [1.54, 1.807) is 6.07 Å². The van der Waals surface area contributed by atoms with Crippen molar-refractivity contribution in [3.63, 3.8) is 0 Å². The molecule has 0 aromatic carbocycles. The Balaban J connectivity index is 0.00000196. The summed E-state index contributed by atoms with van der Waals surface area (Å²) >= 11 is 0. The molecule has 0 unspecified atom stereocenters. The summed E-state index contributed by atoms with van der Waals surface area (Å²) in [5.74, 6) is 0.844. The van der Waals surface area contributed by atoms with Gasteiger partial charge in [0.05, 0.1) is 12.5 Å². The van der Waals surface area contributed by atoms with Crippen molar-refractivity contribution in [2.45, 2.75) is 32.0 Å². The lowest BCUT2D eigenvalue weighted by molar-refractivity contribution is -0.139.